The van der Waals surface area contributed by atoms with E-state index in [9.17, 15) is 4.39 Å². The summed E-state index contributed by atoms with van der Waals surface area (Å²) in [7, 11) is 0. The zero-order chi connectivity index (χ0) is 11.1. The van der Waals surface area contributed by atoms with E-state index in [1.54, 1.807) is 6.07 Å². The van der Waals surface area contributed by atoms with Gasteiger partial charge in [0.05, 0.1) is 13.3 Å². The van der Waals surface area contributed by atoms with Gasteiger partial charge in [0.2, 0.25) is 0 Å². The number of unbranched alkanes of at least 4 members (excludes halogenated alkanes) is 2. The first-order valence-corrected chi connectivity index (χ1v) is 5.60. The molecule has 0 unspecified atom stereocenters. The van der Waals surface area contributed by atoms with Crippen LogP contribution < -0.4 is 0 Å². The van der Waals surface area contributed by atoms with E-state index in [1.165, 1.54) is 0 Å². The second kappa shape index (κ2) is 6.81. The lowest BCUT2D eigenvalue weighted by Crippen LogP contribution is -1.95. The number of rotatable bonds is 6. The molecule has 1 aromatic rings. The van der Waals surface area contributed by atoms with Crippen LogP contribution in [0, 0.1) is 0 Å². The average molecular weight is 231 g/mol. The van der Waals surface area contributed by atoms with E-state index in [4.69, 9.17) is 16.7 Å². The van der Waals surface area contributed by atoms with Crippen molar-refractivity contribution in [3.05, 3.63) is 34.3 Å². The van der Waals surface area contributed by atoms with Gasteiger partial charge in [-0.25, -0.2) is 0 Å². The molecular weight excluding hydrogens is 215 g/mol. The van der Waals surface area contributed by atoms with Crippen LogP contribution in [0.3, 0.4) is 0 Å². The first-order valence-electron chi connectivity index (χ1n) is 5.22. The molecule has 0 fully saturated rings. The van der Waals surface area contributed by atoms with Crippen LogP contribution in [-0.4, -0.2) is 11.8 Å². The Bertz CT molecular complexity index is 302. The summed E-state index contributed by atoms with van der Waals surface area (Å²) in [6.45, 7) is -0.277. The lowest BCUT2D eigenvalue weighted by Gasteiger charge is -2.08. The molecule has 15 heavy (non-hydrogen) atoms. The van der Waals surface area contributed by atoms with E-state index in [0.29, 0.717) is 11.4 Å². The Kier molecular flexibility index (Phi) is 5.66. The minimum atomic E-state index is -0.248. The highest BCUT2D eigenvalue weighted by molar-refractivity contribution is 6.31. The van der Waals surface area contributed by atoms with Crippen LogP contribution in [-0.2, 0) is 13.0 Å². The van der Waals surface area contributed by atoms with Crippen molar-refractivity contribution in [2.24, 2.45) is 0 Å². The fourth-order valence-electron chi connectivity index (χ4n) is 1.60. The maximum absolute atomic E-state index is 11.9. The predicted octanol–water partition coefficient (Wildman–Crippen LogP) is 3.51. The number of aliphatic hydroxyl groups is 1. The lowest BCUT2D eigenvalue weighted by atomic mass is 10.0. The highest BCUT2D eigenvalue weighted by atomic mass is 35.5. The largest absolute Gasteiger partial charge is 0.392 e. The third-order valence-electron chi connectivity index (χ3n) is 2.45. The SMILES string of the molecule is OCc1c(Cl)cccc1CCCCCF. The Hall–Kier alpha value is -0.600. The van der Waals surface area contributed by atoms with Crippen molar-refractivity contribution < 1.29 is 9.50 Å². The lowest BCUT2D eigenvalue weighted by molar-refractivity contribution is 0.280. The van der Waals surface area contributed by atoms with Crippen LogP contribution in [0.15, 0.2) is 18.2 Å². The van der Waals surface area contributed by atoms with Crippen LogP contribution in [0.1, 0.15) is 30.4 Å². The molecule has 1 N–H and O–H groups in total. The molecule has 0 aliphatic heterocycles. The Labute approximate surface area is 94.9 Å². The standard InChI is InChI=1S/C12H16ClFO/c13-12-7-4-6-10(11(12)9-15)5-2-1-3-8-14/h4,6-7,15H,1-3,5,8-9H2. The molecule has 0 atom stereocenters. The summed E-state index contributed by atoms with van der Waals surface area (Å²) in [5.41, 5.74) is 1.88. The summed E-state index contributed by atoms with van der Waals surface area (Å²) in [6.07, 6.45) is 3.30. The highest BCUT2D eigenvalue weighted by Crippen LogP contribution is 2.21. The Morgan fingerprint density at radius 1 is 1.20 bits per heavy atom. The molecule has 0 spiro atoms. The van der Waals surface area contributed by atoms with Gasteiger partial charge in [-0.05, 0) is 36.5 Å². The summed E-state index contributed by atoms with van der Waals surface area (Å²) < 4.78 is 11.9. The fraction of sp³-hybridized carbons (Fsp3) is 0.500. The molecule has 1 nitrogen and oxygen atoms in total. The van der Waals surface area contributed by atoms with Gasteiger partial charge in [0.25, 0.3) is 0 Å². The number of hydrogen-bond donors (Lipinski definition) is 1. The fourth-order valence-corrected chi connectivity index (χ4v) is 1.86. The first-order chi connectivity index (χ1) is 7.29. The molecule has 0 saturated heterocycles. The van der Waals surface area contributed by atoms with E-state index >= 15 is 0 Å². The summed E-state index contributed by atoms with van der Waals surface area (Å²) in [5, 5.41) is 9.77. The first kappa shape index (κ1) is 12.5. The number of alkyl halides is 1. The van der Waals surface area contributed by atoms with Crippen molar-refractivity contribution in [2.75, 3.05) is 6.67 Å². The van der Waals surface area contributed by atoms with Gasteiger partial charge in [0.15, 0.2) is 0 Å². The molecule has 3 heteroatoms. The average Bonchev–Trinajstić information content (AvgIpc) is 2.24. The van der Waals surface area contributed by atoms with Gasteiger partial charge in [-0.3, -0.25) is 4.39 Å². The number of hydrogen-bond acceptors (Lipinski definition) is 1. The summed E-state index contributed by atoms with van der Waals surface area (Å²) >= 11 is 5.95. The molecule has 0 aromatic heterocycles. The van der Waals surface area contributed by atoms with Gasteiger partial charge in [-0.1, -0.05) is 30.2 Å². The van der Waals surface area contributed by atoms with Crippen molar-refractivity contribution >= 4 is 11.6 Å². The monoisotopic (exact) mass is 230 g/mol. The third-order valence-corrected chi connectivity index (χ3v) is 2.81. The summed E-state index contributed by atoms with van der Waals surface area (Å²) in [5.74, 6) is 0. The molecule has 1 aromatic carbocycles. The van der Waals surface area contributed by atoms with Crippen molar-refractivity contribution in [3.63, 3.8) is 0 Å². The maximum atomic E-state index is 11.9. The smallest absolute Gasteiger partial charge is 0.0894 e. The van der Waals surface area contributed by atoms with Crippen molar-refractivity contribution in [2.45, 2.75) is 32.3 Å². The normalized spacial score (nSPS) is 10.6. The van der Waals surface area contributed by atoms with Gasteiger partial charge >= 0.3 is 0 Å². The van der Waals surface area contributed by atoms with Crippen molar-refractivity contribution in [1.82, 2.24) is 0 Å². The Morgan fingerprint density at radius 3 is 2.67 bits per heavy atom. The Balaban J connectivity index is 2.56. The highest BCUT2D eigenvalue weighted by Gasteiger charge is 2.05. The van der Waals surface area contributed by atoms with Gasteiger partial charge in [-0.2, -0.15) is 0 Å². The van der Waals surface area contributed by atoms with Gasteiger partial charge in [-0.15, -0.1) is 0 Å². The van der Waals surface area contributed by atoms with Gasteiger partial charge in [0.1, 0.15) is 0 Å². The maximum Gasteiger partial charge on any atom is 0.0894 e. The number of aliphatic hydroxyl groups excluding tert-OH is 1. The molecule has 0 aliphatic carbocycles. The van der Waals surface area contributed by atoms with E-state index in [2.05, 4.69) is 0 Å². The zero-order valence-electron chi connectivity index (χ0n) is 8.68. The molecule has 0 aliphatic rings. The Morgan fingerprint density at radius 2 is 2.00 bits per heavy atom. The second-order valence-electron chi connectivity index (χ2n) is 3.54. The van der Waals surface area contributed by atoms with Crippen LogP contribution in [0.2, 0.25) is 5.02 Å². The zero-order valence-corrected chi connectivity index (χ0v) is 9.43. The van der Waals surface area contributed by atoms with Crippen LogP contribution in [0.25, 0.3) is 0 Å². The molecule has 0 saturated carbocycles. The van der Waals surface area contributed by atoms with Crippen LogP contribution in [0.4, 0.5) is 4.39 Å². The minimum absolute atomic E-state index is 0.0296. The van der Waals surface area contributed by atoms with Gasteiger partial charge < -0.3 is 5.11 Å². The molecular formula is C12H16ClFO. The van der Waals surface area contributed by atoms with Crippen LogP contribution in [0.5, 0.6) is 0 Å². The second-order valence-corrected chi connectivity index (χ2v) is 3.94. The number of benzene rings is 1. The quantitative estimate of drug-likeness (QED) is 0.742. The summed E-state index contributed by atoms with van der Waals surface area (Å²) in [6, 6.07) is 5.62. The van der Waals surface area contributed by atoms with Crippen molar-refractivity contribution in [1.29, 1.82) is 0 Å². The predicted molar refractivity (Wildman–Crippen MR) is 60.9 cm³/mol. The van der Waals surface area contributed by atoms with E-state index in [1.807, 2.05) is 12.1 Å². The molecule has 0 radical (unpaired) electrons. The summed E-state index contributed by atoms with van der Waals surface area (Å²) in [4.78, 5) is 0. The van der Waals surface area contributed by atoms with E-state index in [0.717, 1.165) is 30.4 Å². The van der Waals surface area contributed by atoms with Crippen molar-refractivity contribution in [3.8, 4) is 0 Å². The topological polar surface area (TPSA) is 20.2 Å². The van der Waals surface area contributed by atoms with E-state index in [-0.39, 0.29) is 13.3 Å². The number of halogens is 2. The van der Waals surface area contributed by atoms with Crippen LogP contribution >= 0.6 is 11.6 Å². The minimum Gasteiger partial charge on any atom is -0.392 e. The van der Waals surface area contributed by atoms with Gasteiger partial charge in [0, 0.05) is 5.02 Å². The number of aryl methyl sites for hydroxylation is 1. The molecule has 84 valence electrons. The molecule has 0 bridgehead atoms. The molecule has 1 rings (SSSR count). The van der Waals surface area contributed by atoms with E-state index < -0.39 is 0 Å². The molecule has 0 heterocycles. The third kappa shape index (κ3) is 3.80. The molecule has 0 amide bonds.